The first kappa shape index (κ1) is 9.85. The standard InChI is InChI=1S/C11H21NS/c13-8-7-10-6-5-9-3-1-2-4-11(9)12-10/h9-13H,1-8H2/t9-,10+,11+/m1/s1. The van der Waals surface area contributed by atoms with Crippen molar-refractivity contribution in [3.63, 3.8) is 0 Å². The van der Waals surface area contributed by atoms with Gasteiger partial charge in [0.25, 0.3) is 0 Å². The van der Waals surface area contributed by atoms with Gasteiger partial charge in [0.1, 0.15) is 0 Å². The Bertz CT molecular complexity index is 160. The predicted octanol–water partition coefficient (Wildman–Crippen LogP) is 2.62. The van der Waals surface area contributed by atoms with E-state index in [0.717, 1.165) is 23.8 Å². The molecule has 2 heteroatoms. The van der Waals surface area contributed by atoms with Crippen LogP contribution in [0.15, 0.2) is 0 Å². The van der Waals surface area contributed by atoms with E-state index in [-0.39, 0.29) is 0 Å². The van der Waals surface area contributed by atoms with Gasteiger partial charge < -0.3 is 5.32 Å². The van der Waals surface area contributed by atoms with Crippen molar-refractivity contribution in [3.8, 4) is 0 Å². The average molecular weight is 199 g/mol. The Balaban J connectivity index is 1.84. The van der Waals surface area contributed by atoms with Gasteiger partial charge in [0.15, 0.2) is 0 Å². The highest BCUT2D eigenvalue weighted by molar-refractivity contribution is 7.80. The molecule has 0 unspecified atom stereocenters. The van der Waals surface area contributed by atoms with Crippen LogP contribution in [0.1, 0.15) is 44.9 Å². The fourth-order valence-corrected chi connectivity index (χ4v) is 3.27. The molecule has 1 aliphatic carbocycles. The molecule has 0 amide bonds. The smallest absolute Gasteiger partial charge is 0.00979 e. The Morgan fingerprint density at radius 1 is 1.08 bits per heavy atom. The van der Waals surface area contributed by atoms with Crippen LogP contribution in [-0.2, 0) is 0 Å². The van der Waals surface area contributed by atoms with E-state index in [1.165, 1.54) is 44.9 Å². The second-order valence-corrected chi connectivity index (χ2v) is 5.05. The van der Waals surface area contributed by atoms with Crippen LogP contribution in [-0.4, -0.2) is 17.8 Å². The first-order chi connectivity index (χ1) is 6.40. The zero-order chi connectivity index (χ0) is 9.10. The quantitative estimate of drug-likeness (QED) is 0.652. The van der Waals surface area contributed by atoms with Crippen LogP contribution in [0.2, 0.25) is 0 Å². The molecule has 1 saturated heterocycles. The summed E-state index contributed by atoms with van der Waals surface area (Å²) in [6, 6.07) is 1.63. The van der Waals surface area contributed by atoms with Gasteiger partial charge in [-0.25, -0.2) is 0 Å². The molecule has 13 heavy (non-hydrogen) atoms. The summed E-state index contributed by atoms with van der Waals surface area (Å²) < 4.78 is 0. The van der Waals surface area contributed by atoms with Gasteiger partial charge in [-0.05, 0) is 43.8 Å². The monoisotopic (exact) mass is 199 g/mol. The average Bonchev–Trinajstić information content (AvgIpc) is 2.18. The first-order valence-corrected chi connectivity index (χ1v) is 6.40. The normalized spacial score (nSPS) is 39.9. The molecule has 2 fully saturated rings. The maximum Gasteiger partial charge on any atom is 0.00979 e. The molecule has 0 aromatic rings. The number of hydrogen-bond acceptors (Lipinski definition) is 2. The Kier molecular flexibility index (Phi) is 3.56. The van der Waals surface area contributed by atoms with E-state index in [1.54, 1.807) is 0 Å². The zero-order valence-corrected chi connectivity index (χ0v) is 9.23. The molecular weight excluding hydrogens is 178 g/mol. The summed E-state index contributed by atoms with van der Waals surface area (Å²) in [6.45, 7) is 0. The lowest BCUT2D eigenvalue weighted by molar-refractivity contribution is 0.174. The van der Waals surface area contributed by atoms with Crippen molar-refractivity contribution in [1.29, 1.82) is 0 Å². The molecule has 0 spiro atoms. The van der Waals surface area contributed by atoms with E-state index >= 15 is 0 Å². The van der Waals surface area contributed by atoms with Gasteiger partial charge in [-0.1, -0.05) is 12.8 Å². The molecule has 0 aromatic heterocycles. The summed E-state index contributed by atoms with van der Waals surface area (Å²) in [5, 5.41) is 3.81. The minimum absolute atomic E-state index is 0.775. The Morgan fingerprint density at radius 3 is 2.77 bits per heavy atom. The molecule has 2 aliphatic rings. The second-order valence-electron chi connectivity index (χ2n) is 4.60. The summed E-state index contributed by atoms with van der Waals surface area (Å²) in [4.78, 5) is 0. The molecule has 1 N–H and O–H groups in total. The van der Waals surface area contributed by atoms with Gasteiger partial charge in [-0.15, -0.1) is 0 Å². The van der Waals surface area contributed by atoms with Gasteiger partial charge in [0.2, 0.25) is 0 Å². The molecule has 1 nitrogen and oxygen atoms in total. The maximum absolute atomic E-state index is 4.31. The summed E-state index contributed by atoms with van der Waals surface area (Å²) in [7, 11) is 0. The number of hydrogen-bond donors (Lipinski definition) is 2. The van der Waals surface area contributed by atoms with Crippen molar-refractivity contribution < 1.29 is 0 Å². The van der Waals surface area contributed by atoms with Crippen molar-refractivity contribution in [3.05, 3.63) is 0 Å². The van der Waals surface area contributed by atoms with Crippen LogP contribution in [0.25, 0.3) is 0 Å². The van der Waals surface area contributed by atoms with Crippen molar-refractivity contribution in [2.75, 3.05) is 5.75 Å². The molecular formula is C11H21NS. The number of fused-ring (bicyclic) bond motifs is 1. The summed E-state index contributed by atoms with van der Waals surface area (Å²) in [5.41, 5.74) is 0. The van der Waals surface area contributed by atoms with Crippen molar-refractivity contribution in [1.82, 2.24) is 5.32 Å². The minimum atomic E-state index is 0.775. The largest absolute Gasteiger partial charge is 0.311 e. The molecule has 0 bridgehead atoms. The Hall–Kier alpha value is 0.310. The third-order valence-corrected chi connectivity index (χ3v) is 3.98. The summed E-state index contributed by atoms with van der Waals surface area (Å²) in [5.74, 6) is 2.04. The van der Waals surface area contributed by atoms with Gasteiger partial charge in [0.05, 0.1) is 0 Å². The first-order valence-electron chi connectivity index (χ1n) is 5.77. The van der Waals surface area contributed by atoms with Gasteiger partial charge in [0, 0.05) is 12.1 Å². The van der Waals surface area contributed by atoms with Crippen molar-refractivity contribution in [2.24, 2.45) is 5.92 Å². The second kappa shape index (κ2) is 4.70. The van der Waals surface area contributed by atoms with E-state index in [0.29, 0.717) is 0 Å². The zero-order valence-electron chi connectivity index (χ0n) is 8.34. The van der Waals surface area contributed by atoms with E-state index in [4.69, 9.17) is 0 Å². The van der Waals surface area contributed by atoms with Crippen LogP contribution in [0, 0.1) is 5.92 Å². The highest BCUT2D eigenvalue weighted by atomic mass is 32.1. The molecule has 3 atom stereocenters. The third kappa shape index (κ3) is 2.41. The lowest BCUT2D eigenvalue weighted by Gasteiger charge is -2.40. The Morgan fingerprint density at radius 2 is 1.92 bits per heavy atom. The van der Waals surface area contributed by atoms with E-state index in [1.807, 2.05) is 0 Å². The summed E-state index contributed by atoms with van der Waals surface area (Å²) >= 11 is 4.31. The highest BCUT2D eigenvalue weighted by Crippen LogP contribution is 2.32. The lowest BCUT2D eigenvalue weighted by Crippen LogP contribution is -2.48. The van der Waals surface area contributed by atoms with Crippen LogP contribution in [0.5, 0.6) is 0 Å². The van der Waals surface area contributed by atoms with E-state index in [2.05, 4.69) is 17.9 Å². The molecule has 0 radical (unpaired) electrons. The van der Waals surface area contributed by atoms with E-state index < -0.39 is 0 Å². The van der Waals surface area contributed by atoms with Crippen LogP contribution in [0.4, 0.5) is 0 Å². The number of piperidine rings is 1. The van der Waals surface area contributed by atoms with Gasteiger partial charge in [-0.3, -0.25) is 0 Å². The number of nitrogens with one attached hydrogen (secondary N) is 1. The van der Waals surface area contributed by atoms with Gasteiger partial charge in [-0.2, -0.15) is 12.6 Å². The van der Waals surface area contributed by atoms with Crippen LogP contribution in [0.3, 0.4) is 0 Å². The fraction of sp³-hybridized carbons (Fsp3) is 1.00. The third-order valence-electron chi connectivity index (χ3n) is 3.72. The summed E-state index contributed by atoms with van der Waals surface area (Å²) in [6.07, 6.45) is 9.94. The maximum atomic E-state index is 4.31. The number of thiol groups is 1. The molecule has 76 valence electrons. The molecule has 0 aromatic carbocycles. The lowest BCUT2D eigenvalue weighted by atomic mass is 9.77. The van der Waals surface area contributed by atoms with Crippen LogP contribution < -0.4 is 5.32 Å². The van der Waals surface area contributed by atoms with Crippen molar-refractivity contribution >= 4 is 12.6 Å². The van der Waals surface area contributed by atoms with E-state index in [9.17, 15) is 0 Å². The molecule has 1 saturated carbocycles. The van der Waals surface area contributed by atoms with Gasteiger partial charge >= 0.3 is 0 Å². The fourth-order valence-electron chi connectivity index (χ4n) is 2.96. The minimum Gasteiger partial charge on any atom is -0.311 e. The Labute approximate surface area is 87.1 Å². The van der Waals surface area contributed by atoms with Crippen LogP contribution >= 0.6 is 12.6 Å². The molecule has 1 heterocycles. The molecule has 2 rings (SSSR count). The predicted molar refractivity (Wildman–Crippen MR) is 60.4 cm³/mol. The topological polar surface area (TPSA) is 12.0 Å². The number of rotatable bonds is 2. The molecule has 1 aliphatic heterocycles. The highest BCUT2D eigenvalue weighted by Gasteiger charge is 2.30. The van der Waals surface area contributed by atoms with Crippen molar-refractivity contribution in [2.45, 2.75) is 57.0 Å². The SMILES string of the molecule is SCC[C@@H]1CC[C@H]2CCCC[C@@H]2N1.